The first-order chi connectivity index (χ1) is 9.55. The minimum Gasteiger partial charge on any atom is -0.497 e. The van der Waals surface area contributed by atoms with Crippen molar-refractivity contribution in [3.05, 3.63) is 24.3 Å². The Bertz CT molecular complexity index is 436. The van der Waals surface area contributed by atoms with E-state index in [2.05, 4.69) is 5.32 Å². The molecule has 1 aromatic carbocycles. The van der Waals surface area contributed by atoms with Gasteiger partial charge in [0, 0.05) is 18.4 Å². The summed E-state index contributed by atoms with van der Waals surface area (Å²) in [6, 6.07) is 7.39. The van der Waals surface area contributed by atoms with Crippen molar-refractivity contribution in [2.24, 2.45) is 0 Å². The molecule has 1 rings (SSSR count). The van der Waals surface area contributed by atoms with E-state index in [0.29, 0.717) is 13.2 Å². The van der Waals surface area contributed by atoms with Crippen molar-refractivity contribution in [3.63, 3.8) is 0 Å². The molecule has 0 heterocycles. The van der Waals surface area contributed by atoms with Crippen LogP contribution in [-0.4, -0.2) is 38.4 Å². The summed E-state index contributed by atoms with van der Waals surface area (Å²) in [5.41, 5.74) is -0.155. The van der Waals surface area contributed by atoms with E-state index in [1.165, 1.54) is 0 Å². The molecule has 0 amide bonds. The van der Waals surface area contributed by atoms with Gasteiger partial charge in [-0.05, 0) is 32.9 Å². The number of ether oxygens (including phenoxy) is 3. The predicted molar refractivity (Wildman–Crippen MR) is 78.1 cm³/mol. The number of anilines is 1. The first kappa shape index (κ1) is 16.3. The van der Waals surface area contributed by atoms with E-state index < -0.39 is 5.54 Å². The molecule has 1 unspecified atom stereocenters. The lowest BCUT2D eigenvalue weighted by Gasteiger charge is -2.29. The van der Waals surface area contributed by atoms with Gasteiger partial charge >= 0.3 is 5.97 Å². The molecule has 0 aliphatic heterocycles. The number of hydrogen-bond acceptors (Lipinski definition) is 5. The summed E-state index contributed by atoms with van der Waals surface area (Å²) in [6.07, 6.45) is 0. The molecule has 5 nitrogen and oxygen atoms in total. The Morgan fingerprint density at radius 1 is 1.30 bits per heavy atom. The van der Waals surface area contributed by atoms with E-state index in [0.717, 1.165) is 11.4 Å². The van der Waals surface area contributed by atoms with E-state index in [9.17, 15) is 4.79 Å². The molecule has 1 N–H and O–H groups in total. The summed E-state index contributed by atoms with van der Waals surface area (Å²) in [7, 11) is 1.60. The van der Waals surface area contributed by atoms with Crippen LogP contribution < -0.4 is 10.1 Å². The van der Waals surface area contributed by atoms with E-state index in [4.69, 9.17) is 14.2 Å². The largest absolute Gasteiger partial charge is 0.497 e. The number of carbonyl (C=O) groups is 1. The number of carbonyl (C=O) groups excluding carboxylic acids is 1. The Balaban J connectivity index is 2.89. The van der Waals surface area contributed by atoms with E-state index in [1.807, 2.05) is 31.2 Å². The van der Waals surface area contributed by atoms with Crippen molar-refractivity contribution in [1.29, 1.82) is 0 Å². The minimum absolute atomic E-state index is 0.236. The van der Waals surface area contributed by atoms with Gasteiger partial charge < -0.3 is 19.5 Å². The second-order valence-electron chi connectivity index (χ2n) is 4.55. The normalized spacial score (nSPS) is 13.4. The van der Waals surface area contributed by atoms with Gasteiger partial charge in [-0.15, -0.1) is 0 Å². The van der Waals surface area contributed by atoms with Gasteiger partial charge in [-0.1, -0.05) is 6.07 Å². The van der Waals surface area contributed by atoms with Gasteiger partial charge in [-0.25, -0.2) is 4.79 Å². The average molecular weight is 281 g/mol. The molecule has 0 bridgehead atoms. The molecular formula is C15H23NO4. The summed E-state index contributed by atoms with van der Waals surface area (Å²) in [4.78, 5) is 12.1. The van der Waals surface area contributed by atoms with Crippen molar-refractivity contribution in [3.8, 4) is 5.75 Å². The quantitative estimate of drug-likeness (QED) is 0.742. The molecule has 0 radical (unpaired) electrons. The highest BCUT2D eigenvalue weighted by molar-refractivity contribution is 5.84. The SMILES string of the molecule is CCOCC(C)(Nc1cccc(OC)c1)C(=O)OCC. The lowest BCUT2D eigenvalue weighted by atomic mass is 10.0. The van der Waals surface area contributed by atoms with Crippen LogP contribution in [0, 0.1) is 0 Å². The molecule has 1 aromatic rings. The molecule has 0 fully saturated rings. The van der Waals surface area contributed by atoms with Crippen LogP contribution in [0.4, 0.5) is 5.69 Å². The van der Waals surface area contributed by atoms with Crippen LogP contribution in [0.3, 0.4) is 0 Å². The second-order valence-corrected chi connectivity index (χ2v) is 4.55. The predicted octanol–water partition coefficient (Wildman–Crippen LogP) is 2.47. The summed E-state index contributed by atoms with van der Waals surface area (Å²) in [6.45, 7) is 6.54. The van der Waals surface area contributed by atoms with Crippen LogP contribution in [0.15, 0.2) is 24.3 Å². The minimum atomic E-state index is -0.932. The number of rotatable bonds is 8. The molecule has 0 saturated heterocycles. The van der Waals surface area contributed by atoms with Gasteiger partial charge in [0.05, 0.1) is 20.3 Å². The lowest BCUT2D eigenvalue weighted by Crippen LogP contribution is -2.48. The number of benzene rings is 1. The van der Waals surface area contributed by atoms with Crippen LogP contribution in [0.2, 0.25) is 0 Å². The van der Waals surface area contributed by atoms with Crippen LogP contribution in [0.1, 0.15) is 20.8 Å². The van der Waals surface area contributed by atoms with Crippen molar-refractivity contribution < 1.29 is 19.0 Å². The Morgan fingerprint density at radius 2 is 2.05 bits per heavy atom. The highest BCUT2D eigenvalue weighted by atomic mass is 16.5. The summed E-state index contributed by atoms with van der Waals surface area (Å²) < 4.78 is 15.7. The van der Waals surface area contributed by atoms with Gasteiger partial charge in [0.2, 0.25) is 0 Å². The number of nitrogens with one attached hydrogen (secondary N) is 1. The van der Waals surface area contributed by atoms with Crippen LogP contribution >= 0.6 is 0 Å². The van der Waals surface area contributed by atoms with Crippen molar-refractivity contribution in [1.82, 2.24) is 0 Å². The van der Waals surface area contributed by atoms with E-state index in [1.54, 1.807) is 21.0 Å². The number of esters is 1. The van der Waals surface area contributed by atoms with Crippen molar-refractivity contribution in [2.75, 3.05) is 32.2 Å². The zero-order valence-corrected chi connectivity index (χ0v) is 12.6. The third-order valence-electron chi connectivity index (χ3n) is 2.81. The topological polar surface area (TPSA) is 56.8 Å². The zero-order valence-electron chi connectivity index (χ0n) is 12.6. The van der Waals surface area contributed by atoms with E-state index >= 15 is 0 Å². The summed E-state index contributed by atoms with van der Waals surface area (Å²) in [5, 5.41) is 3.17. The second kappa shape index (κ2) is 7.75. The molecule has 0 aliphatic carbocycles. The molecule has 1 atom stereocenters. The fourth-order valence-corrected chi connectivity index (χ4v) is 1.76. The molecule has 0 spiro atoms. The Labute approximate surface area is 120 Å². The fourth-order valence-electron chi connectivity index (χ4n) is 1.76. The van der Waals surface area contributed by atoms with Gasteiger partial charge in [0.1, 0.15) is 5.75 Å². The van der Waals surface area contributed by atoms with Gasteiger partial charge in [0.25, 0.3) is 0 Å². The number of methoxy groups -OCH3 is 1. The molecule has 112 valence electrons. The highest BCUT2D eigenvalue weighted by Gasteiger charge is 2.35. The summed E-state index contributed by atoms with van der Waals surface area (Å²) >= 11 is 0. The Hall–Kier alpha value is -1.75. The van der Waals surface area contributed by atoms with Gasteiger partial charge in [-0.3, -0.25) is 0 Å². The first-order valence-corrected chi connectivity index (χ1v) is 6.73. The maximum absolute atomic E-state index is 12.1. The van der Waals surface area contributed by atoms with Crippen molar-refractivity contribution >= 4 is 11.7 Å². The standard InChI is InChI=1S/C15H23NO4/c1-5-19-11-15(3,14(17)20-6-2)16-12-8-7-9-13(10-12)18-4/h7-10,16H,5-6,11H2,1-4H3. The van der Waals surface area contributed by atoms with Crippen LogP contribution in [0.5, 0.6) is 5.75 Å². The third-order valence-corrected chi connectivity index (χ3v) is 2.81. The number of hydrogen-bond donors (Lipinski definition) is 1. The fraction of sp³-hybridized carbons (Fsp3) is 0.533. The smallest absolute Gasteiger partial charge is 0.333 e. The van der Waals surface area contributed by atoms with Crippen LogP contribution in [0.25, 0.3) is 0 Å². The van der Waals surface area contributed by atoms with Gasteiger partial charge in [0.15, 0.2) is 5.54 Å². The average Bonchev–Trinajstić information content (AvgIpc) is 2.45. The molecular weight excluding hydrogens is 258 g/mol. The molecule has 0 aliphatic rings. The first-order valence-electron chi connectivity index (χ1n) is 6.73. The third kappa shape index (κ3) is 4.42. The molecule has 0 saturated carbocycles. The monoisotopic (exact) mass is 281 g/mol. The maximum Gasteiger partial charge on any atom is 0.333 e. The van der Waals surface area contributed by atoms with Crippen LogP contribution in [-0.2, 0) is 14.3 Å². The molecule has 5 heteroatoms. The molecule has 20 heavy (non-hydrogen) atoms. The van der Waals surface area contributed by atoms with Gasteiger partial charge in [-0.2, -0.15) is 0 Å². The lowest BCUT2D eigenvalue weighted by molar-refractivity contribution is -0.150. The van der Waals surface area contributed by atoms with E-state index in [-0.39, 0.29) is 12.6 Å². The Morgan fingerprint density at radius 3 is 2.65 bits per heavy atom. The Kier molecular flexibility index (Phi) is 6.31. The molecule has 0 aromatic heterocycles. The zero-order chi connectivity index (χ0) is 15.0. The highest BCUT2D eigenvalue weighted by Crippen LogP contribution is 2.22. The van der Waals surface area contributed by atoms with Crippen molar-refractivity contribution in [2.45, 2.75) is 26.3 Å². The maximum atomic E-state index is 12.1. The summed E-state index contributed by atoms with van der Waals surface area (Å²) in [5.74, 6) is 0.383.